The minimum atomic E-state index is -0.298. The summed E-state index contributed by atoms with van der Waals surface area (Å²) in [5, 5.41) is 7.96. The molecular weight excluding hydrogens is 316 g/mol. The number of allylic oxidation sites excluding steroid dienone is 2. The molecule has 2 bridgehead atoms. The van der Waals surface area contributed by atoms with E-state index in [4.69, 9.17) is 4.52 Å². The van der Waals surface area contributed by atoms with E-state index >= 15 is 0 Å². The Hall–Kier alpha value is -2.89. The van der Waals surface area contributed by atoms with Crippen molar-refractivity contribution in [3.8, 4) is 11.4 Å². The second kappa shape index (κ2) is 5.58. The summed E-state index contributed by atoms with van der Waals surface area (Å²) in [5.74, 6) is 1.98. The molecule has 126 valence electrons. The smallest absolute Gasteiger partial charge is 0.316 e. The predicted octanol–water partition coefficient (Wildman–Crippen LogP) is 3.16. The molecule has 1 amide bonds. The van der Waals surface area contributed by atoms with E-state index in [-0.39, 0.29) is 11.8 Å². The molecule has 0 saturated heterocycles. The highest BCUT2D eigenvalue weighted by atomic mass is 16.5. The lowest BCUT2D eigenvalue weighted by atomic mass is 9.94. The minimum Gasteiger partial charge on any atom is -0.361 e. The Bertz CT molecular complexity index is 971. The Kier molecular flexibility index (Phi) is 3.23. The fraction of sp³-hybridized carbons (Fsp3) is 0.316. The number of H-pyrrole nitrogens is 1. The summed E-state index contributed by atoms with van der Waals surface area (Å²) < 4.78 is 5.16. The summed E-state index contributed by atoms with van der Waals surface area (Å²) in [5.41, 5.74) is 1.87. The third kappa shape index (κ3) is 2.54. The van der Waals surface area contributed by atoms with E-state index in [1.165, 1.54) is 6.42 Å². The van der Waals surface area contributed by atoms with Crippen LogP contribution in [0.1, 0.15) is 23.5 Å². The third-order valence-electron chi connectivity index (χ3n) is 5.37. The van der Waals surface area contributed by atoms with E-state index < -0.39 is 0 Å². The monoisotopic (exact) mass is 334 g/mol. The van der Waals surface area contributed by atoms with Gasteiger partial charge < -0.3 is 14.8 Å². The molecule has 3 atom stereocenters. The maximum Gasteiger partial charge on any atom is 0.316 e. The zero-order chi connectivity index (χ0) is 16.8. The van der Waals surface area contributed by atoms with E-state index in [0.717, 1.165) is 22.9 Å². The van der Waals surface area contributed by atoms with Crippen LogP contribution in [-0.4, -0.2) is 27.6 Å². The van der Waals surface area contributed by atoms with Gasteiger partial charge in [0.1, 0.15) is 0 Å². The first-order chi connectivity index (χ1) is 12.3. The topological polar surface area (TPSA) is 83.8 Å². The maximum absolute atomic E-state index is 12.3. The molecule has 3 aromatic rings. The molecule has 2 N–H and O–H groups in total. The molecule has 25 heavy (non-hydrogen) atoms. The predicted molar refractivity (Wildman–Crippen MR) is 92.8 cm³/mol. The standard InChI is InChI=1S/C19H18N4O2/c24-18(21-10-15-8-11-1-2-12(15)7-11)19-22-17(23-25-19)14-3-4-16-13(9-14)5-6-20-16/h1-6,9,11-12,15,20H,7-8,10H2,(H,21,24). The average Bonchev–Trinajstić information content (AvgIpc) is 3.42. The number of benzene rings is 1. The van der Waals surface area contributed by atoms with Gasteiger partial charge in [0, 0.05) is 29.2 Å². The molecule has 1 aromatic carbocycles. The lowest BCUT2D eigenvalue weighted by Crippen LogP contribution is -2.31. The highest BCUT2D eigenvalue weighted by Gasteiger charge is 2.35. The maximum atomic E-state index is 12.3. The number of aromatic amines is 1. The Labute approximate surface area is 144 Å². The van der Waals surface area contributed by atoms with Crippen LogP contribution in [0.5, 0.6) is 0 Å². The second-order valence-corrected chi connectivity index (χ2v) is 6.95. The Balaban J connectivity index is 1.28. The summed E-state index contributed by atoms with van der Waals surface area (Å²) in [6.45, 7) is 0.664. The van der Waals surface area contributed by atoms with Crippen molar-refractivity contribution < 1.29 is 9.32 Å². The minimum absolute atomic E-state index is 0.0165. The molecule has 0 radical (unpaired) electrons. The van der Waals surface area contributed by atoms with Crippen LogP contribution in [0.3, 0.4) is 0 Å². The van der Waals surface area contributed by atoms with Crippen molar-refractivity contribution in [2.45, 2.75) is 12.8 Å². The van der Waals surface area contributed by atoms with Crippen LogP contribution in [0.15, 0.2) is 47.1 Å². The summed E-state index contributed by atoms with van der Waals surface area (Å²) in [6.07, 6.45) is 8.86. The van der Waals surface area contributed by atoms with E-state index in [9.17, 15) is 4.79 Å². The number of aromatic nitrogens is 3. The van der Waals surface area contributed by atoms with Gasteiger partial charge in [0.25, 0.3) is 0 Å². The molecule has 2 heterocycles. The van der Waals surface area contributed by atoms with Crippen molar-refractivity contribution >= 4 is 16.8 Å². The number of rotatable bonds is 4. The fourth-order valence-corrected chi connectivity index (χ4v) is 4.05. The summed E-state index contributed by atoms with van der Waals surface area (Å²) in [7, 11) is 0. The van der Waals surface area contributed by atoms with Gasteiger partial charge in [-0.3, -0.25) is 4.79 Å². The summed E-state index contributed by atoms with van der Waals surface area (Å²) >= 11 is 0. The van der Waals surface area contributed by atoms with Crippen LogP contribution in [0.4, 0.5) is 0 Å². The highest BCUT2D eigenvalue weighted by Crippen LogP contribution is 2.42. The number of amides is 1. The first-order valence-corrected chi connectivity index (χ1v) is 8.64. The molecule has 1 fully saturated rings. The number of carbonyl (C=O) groups excluding carboxylic acids is 1. The molecule has 1 saturated carbocycles. The second-order valence-electron chi connectivity index (χ2n) is 6.95. The van der Waals surface area contributed by atoms with Gasteiger partial charge in [-0.25, -0.2) is 0 Å². The van der Waals surface area contributed by atoms with Crippen molar-refractivity contribution in [1.29, 1.82) is 0 Å². The van der Waals surface area contributed by atoms with Gasteiger partial charge in [-0.05, 0) is 54.9 Å². The molecule has 6 nitrogen and oxygen atoms in total. The SMILES string of the molecule is O=C(NCC1CC2C=CC1C2)c1nc(-c2ccc3[nH]ccc3c2)no1. The zero-order valence-electron chi connectivity index (χ0n) is 13.6. The quantitative estimate of drug-likeness (QED) is 0.718. The van der Waals surface area contributed by atoms with E-state index in [0.29, 0.717) is 30.1 Å². The van der Waals surface area contributed by atoms with Crippen LogP contribution in [0.2, 0.25) is 0 Å². The Morgan fingerprint density at radius 1 is 1.28 bits per heavy atom. The Morgan fingerprint density at radius 2 is 2.24 bits per heavy atom. The van der Waals surface area contributed by atoms with Crippen LogP contribution < -0.4 is 5.32 Å². The molecule has 2 aliphatic rings. The number of carbonyl (C=O) groups is 1. The highest BCUT2D eigenvalue weighted by molar-refractivity contribution is 5.90. The van der Waals surface area contributed by atoms with Gasteiger partial charge in [-0.15, -0.1) is 0 Å². The van der Waals surface area contributed by atoms with Gasteiger partial charge in [0.2, 0.25) is 5.82 Å². The average molecular weight is 334 g/mol. The van der Waals surface area contributed by atoms with Gasteiger partial charge >= 0.3 is 11.8 Å². The van der Waals surface area contributed by atoms with Crippen LogP contribution in [0.25, 0.3) is 22.3 Å². The third-order valence-corrected chi connectivity index (χ3v) is 5.37. The molecule has 0 aliphatic heterocycles. The molecule has 5 rings (SSSR count). The van der Waals surface area contributed by atoms with Crippen molar-refractivity contribution in [2.75, 3.05) is 6.54 Å². The van der Waals surface area contributed by atoms with Crippen LogP contribution in [0, 0.1) is 17.8 Å². The largest absolute Gasteiger partial charge is 0.361 e. The molecule has 3 unspecified atom stereocenters. The molecule has 6 heteroatoms. The van der Waals surface area contributed by atoms with Gasteiger partial charge in [-0.1, -0.05) is 17.3 Å². The summed E-state index contributed by atoms with van der Waals surface area (Å²) in [6, 6.07) is 7.83. The number of nitrogens with one attached hydrogen (secondary N) is 2. The summed E-state index contributed by atoms with van der Waals surface area (Å²) in [4.78, 5) is 19.7. The van der Waals surface area contributed by atoms with Gasteiger partial charge in [0.05, 0.1) is 0 Å². The van der Waals surface area contributed by atoms with Crippen LogP contribution in [-0.2, 0) is 0 Å². The van der Waals surface area contributed by atoms with Crippen LogP contribution >= 0.6 is 0 Å². The number of fused-ring (bicyclic) bond motifs is 3. The lowest BCUT2D eigenvalue weighted by Gasteiger charge is -2.17. The van der Waals surface area contributed by atoms with Crippen molar-refractivity contribution in [1.82, 2.24) is 20.4 Å². The number of hydrogen-bond acceptors (Lipinski definition) is 4. The van der Waals surface area contributed by atoms with Gasteiger partial charge in [0.15, 0.2) is 0 Å². The van der Waals surface area contributed by atoms with E-state index in [1.807, 2.05) is 30.5 Å². The van der Waals surface area contributed by atoms with Crippen molar-refractivity contribution in [2.24, 2.45) is 17.8 Å². The molecule has 2 aromatic heterocycles. The zero-order valence-corrected chi connectivity index (χ0v) is 13.6. The molecular formula is C19H18N4O2. The van der Waals surface area contributed by atoms with Gasteiger partial charge in [-0.2, -0.15) is 4.98 Å². The molecule has 2 aliphatic carbocycles. The first kappa shape index (κ1) is 14.5. The van der Waals surface area contributed by atoms with Crippen molar-refractivity contribution in [3.05, 3.63) is 48.5 Å². The number of nitrogens with zero attached hydrogens (tertiary/aromatic N) is 2. The number of hydrogen-bond donors (Lipinski definition) is 2. The first-order valence-electron chi connectivity index (χ1n) is 8.64. The molecule has 0 spiro atoms. The fourth-order valence-electron chi connectivity index (χ4n) is 4.05. The normalized spacial score (nSPS) is 24.2. The lowest BCUT2D eigenvalue weighted by molar-refractivity contribution is 0.0901. The van der Waals surface area contributed by atoms with E-state index in [2.05, 4.69) is 32.6 Å². The van der Waals surface area contributed by atoms with Crippen molar-refractivity contribution in [3.63, 3.8) is 0 Å². The van der Waals surface area contributed by atoms with E-state index in [1.54, 1.807) is 0 Å². The Morgan fingerprint density at radius 3 is 3.08 bits per heavy atom.